The Balaban J connectivity index is 1.80. The summed E-state index contributed by atoms with van der Waals surface area (Å²) in [5.74, 6) is 1.16. The van der Waals surface area contributed by atoms with E-state index in [0.717, 1.165) is 37.4 Å². The lowest BCUT2D eigenvalue weighted by molar-refractivity contribution is -0.111. The van der Waals surface area contributed by atoms with Gasteiger partial charge in [-0.3, -0.25) is 9.89 Å². The quantitative estimate of drug-likeness (QED) is 0.727. The van der Waals surface area contributed by atoms with Gasteiger partial charge in [0.25, 0.3) is 5.91 Å². The van der Waals surface area contributed by atoms with E-state index >= 15 is 0 Å². The van der Waals surface area contributed by atoms with E-state index in [9.17, 15) is 4.79 Å². The molecule has 1 aliphatic heterocycles. The van der Waals surface area contributed by atoms with E-state index < -0.39 is 5.91 Å². The molecule has 120 valence electrons. The van der Waals surface area contributed by atoms with Gasteiger partial charge in [0.15, 0.2) is 11.6 Å². The van der Waals surface area contributed by atoms with Crippen molar-refractivity contribution in [2.75, 3.05) is 23.3 Å². The molecule has 1 amide bonds. The van der Waals surface area contributed by atoms with Gasteiger partial charge in [0.05, 0.1) is 5.57 Å². The van der Waals surface area contributed by atoms with Crippen LogP contribution in [0.15, 0.2) is 24.5 Å². The number of aromatic amines is 1. The molecule has 0 aliphatic carbocycles. The van der Waals surface area contributed by atoms with Crippen LogP contribution in [-0.2, 0) is 4.79 Å². The first-order chi connectivity index (χ1) is 11.2. The first-order valence-corrected chi connectivity index (χ1v) is 7.51. The fourth-order valence-corrected chi connectivity index (χ4v) is 2.52. The largest absolute Gasteiger partial charge is 0.404 e. The summed E-state index contributed by atoms with van der Waals surface area (Å²) in [4.78, 5) is 23.2. The number of carbonyl (C=O) groups is 1. The number of hydrogen-bond donors (Lipinski definition) is 3. The Labute approximate surface area is 133 Å². The van der Waals surface area contributed by atoms with Gasteiger partial charge in [0.1, 0.15) is 5.82 Å². The molecule has 0 aromatic carbocycles. The molecule has 1 aliphatic rings. The van der Waals surface area contributed by atoms with Crippen LogP contribution in [0.1, 0.15) is 24.4 Å². The lowest BCUT2D eigenvalue weighted by atomic mass is 10.2. The molecule has 2 aromatic heterocycles. The van der Waals surface area contributed by atoms with Crippen molar-refractivity contribution < 1.29 is 4.79 Å². The molecule has 0 radical (unpaired) electrons. The minimum Gasteiger partial charge on any atom is -0.404 e. The maximum atomic E-state index is 12.4. The number of carbonyl (C=O) groups excluding carboxylic acids is 1. The summed E-state index contributed by atoms with van der Waals surface area (Å²) in [7, 11) is 0. The standard InChI is InChI=1S/C15H19N7O/c1-10-8-12(21-20-10)18-15(23)11(9-16)14-17-5-4-13(19-14)22-6-2-3-7-22/h4-5,8-9H,2-3,6-7,16H2,1H3,(H2,18,20,21,23). The number of aryl methyl sites for hydroxylation is 1. The predicted molar refractivity (Wildman–Crippen MR) is 87.6 cm³/mol. The number of H-pyrrole nitrogens is 1. The Morgan fingerprint density at radius 1 is 1.43 bits per heavy atom. The SMILES string of the molecule is Cc1cc(NC(=O)C(=CN)c2nccc(N3CCCC3)n2)n[nH]1. The molecule has 0 spiro atoms. The lowest BCUT2D eigenvalue weighted by Gasteiger charge is -2.16. The Kier molecular flexibility index (Phi) is 4.22. The Bertz CT molecular complexity index is 731. The molecule has 4 N–H and O–H groups in total. The van der Waals surface area contributed by atoms with Crippen LogP contribution in [0.5, 0.6) is 0 Å². The number of nitrogens with two attached hydrogens (primary N) is 1. The Morgan fingerprint density at radius 2 is 2.22 bits per heavy atom. The topological polar surface area (TPSA) is 113 Å². The highest BCUT2D eigenvalue weighted by atomic mass is 16.1. The zero-order chi connectivity index (χ0) is 16.2. The molecular weight excluding hydrogens is 294 g/mol. The first-order valence-electron chi connectivity index (χ1n) is 7.51. The van der Waals surface area contributed by atoms with Gasteiger partial charge in [-0.1, -0.05) is 0 Å². The van der Waals surface area contributed by atoms with Gasteiger partial charge in [0.2, 0.25) is 0 Å². The van der Waals surface area contributed by atoms with Crippen molar-refractivity contribution >= 4 is 23.1 Å². The van der Waals surface area contributed by atoms with Crippen molar-refractivity contribution in [2.45, 2.75) is 19.8 Å². The molecule has 0 bridgehead atoms. The van der Waals surface area contributed by atoms with Gasteiger partial charge >= 0.3 is 0 Å². The van der Waals surface area contributed by atoms with Crippen LogP contribution in [0.4, 0.5) is 11.6 Å². The van der Waals surface area contributed by atoms with E-state index in [4.69, 9.17) is 5.73 Å². The highest BCUT2D eigenvalue weighted by Crippen LogP contribution is 2.20. The monoisotopic (exact) mass is 313 g/mol. The summed E-state index contributed by atoms with van der Waals surface area (Å²) in [6, 6.07) is 3.57. The summed E-state index contributed by atoms with van der Waals surface area (Å²) in [6.45, 7) is 3.79. The number of amides is 1. The zero-order valence-corrected chi connectivity index (χ0v) is 12.9. The van der Waals surface area contributed by atoms with Crippen LogP contribution < -0.4 is 16.0 Å². The molecule has 1 saturated heterocycles. The van der Waals surface area contributed by atoms with Gasteiger partial charge in [-0.15, -0.1) is 0 Å². The third-order valence-electron chi connectivity index (χ3n) is 3.67. The van der Waals surface area contributed by atoms with Gasteiger partial charge < -0.3 is 16.0 Å². The number of hydrogen-bond acceptors (Lipinski definition) is 6. The molecule has 0 atom stereocenters. The van der Waals surface area contributed by atoms with E-state index in [1.807, 2.05) is 13.0 Å². The Hall–Kier alpha value is -2.90. The second-order valence-corrected chi connectivity index (χ2v) is 5.40. The fourth-order valence-electron chi connectivity index (χ4n) is 2.52. The van der Waals surface area contributed by atoms with Gasteiger partial charge in [-0.2, -0.15) is 5.10 Å². The molecule has 8 nitrogen and oxygen atoms in total. The van der Waals surface area contributed by atoms with Crippen LogP contribution in [0.2, 0.25) is 0 Å². The highest BCUT2D eigenvalue weighted by molar-refractivity contribution is 6.24. The Morgan fingerprint density at radius 3 is 2.87 bits per heavy atom. The van der Waals surface area contributed by atoms with E-state index in [0.29, 0.717) is 11.6 Å². The van der Waals surface area contributed by atoms with Crippen LogP contribution in [-0.4, -0.2) is 39.2 Å². The van der Waals surface area contributed by atoms with Crippen LogP contribution in [0.3, 0.4) is 0 Å². The number of nitrogens with zero attached hydrogens (tertiary/aromatic N) is 4. The number of anilines is 2. The molecule has 0 unspecified atom stereocenters. The van der Waals surface area contributed by atoms with Crippen LogP contribution in [0, 0.1) is 6.92 Å². The third-order valence-corrected chi connectivity index (χ3v) is 3.67. The number of aromatic nitrogens is 4. The predicted octanol–water partition coefficient (Wildman–Crippen LogP) is 1.05. The van der Waals surface area contributed by atoms with E-state index in [1.165, 1.54) is 6.20 Å². The molecule has 2 aromatic rings. The highest BCUT2D eigenvalue weighted by Gasteiger charge is 2.19. The minimum atomic E-state index is -0.391. The maximum Gasteiger partial charge on any atom is 0.262 e. The second kappa shape index (κ2) is 6.47. The second-order valence-electron chi connectivity index (χ2n) is 5.40. The normalized spacial score (nSPS) is 15.0. The van der Waals surface area contributed by atoms with E-state index in [2.05, 4.69) is 30.4 Å². The summed E-state index contributed by atoms with van der Waals surface area (Å²) in [6.07, 6.45) is 5.17. The fraction of sp³-hybridized carbons (Fsp3) is 0.333. The van der Waals surface area contributed by atoms with Gasteiger partial charge in [0, 0.05) is 37.2 Å². The molecule has 1 fully saturated rings. The van der Waals surface area contributed by atoms with Crippen molar-refractivity contribution in [3.8, 4) is 0 Å². The maximum absolute atomic E-state index is 12.4. The molecular formula is C15H19N7O. The smallest absolute Gasteiger partial charge is 0.262 e. The van der Waals surface area contributed by atoms with Crippen molar-refractivity contribution in [3.63, 3.8) is 0 Å². The van der Waals surface area contributed by atoms with Crippen molar-refractivity contribution in [1.82, 2.24) is 20.2 Å². The summed E-state index contributed by atoms with van der Waals surface area (Å²) < 4.78 is 0. The molecule has 23 heavy (non-hydrogen) atoms. The van der Waals surface area contributed by atoms with Crippen molar-refractivity contribution in [1.29, 1.82) is 0 Å². The van der Waals surface area contributed by atoms with Crippen molar-refractivity contribution in [2.24, 2.45) is 5.73 Å². The summed E-state index contributed by atoms with van der Waals surface area (Å²) in [5.41, 5.74) is 6.69. The summed E-state index contributed by atoms with van der Waals surface area (Å²) >= 11 is 0. The van der Waals surface area contributed by atoms with Gasteiger partial charge in [-0.25, -0.2) is 9.97 Å². The van der Waals surface area contributed by atoms with Crippen LogP contribution in [0.25, 0.3) is 5.57 Å². The van der Waals surface area contributed by atoms with Crippen molar-refractivity contribution in [3.05, 3.63) is 36.0 Å². The van der Waals surface area contributed by atoms with E-state index in [1.54, 1.807) is 12.3 Å². The molecule has 8 heteroatoms. The molecule has 3 heterocycles. The summed E-state index contributed by atoms with van der Waals surface area (Å²) in [5, 5.41) is 9.41. The average molecular weight is 313 g/mol. The first kappa shape index (κ1) is 15.0. The number of nitrogens with one attached hydrogen (secondary N) is 2. The van der Waals surface area contributed by atoms with Crippen LogP contribution >= 0.6 is 0 Å². The minimum absolute atomic E-state index is 0.215. The van der Waals surface area contributed by atoms with E-state index in [-0.39, 0.29) is 5.57 Å². The third kappa shape index (κ3) is 3.31. The average Bonchev–Trinajstić information content (AvgIpc) is 3.20. The lowest BCUT2D eigenvalue weighted by Crippen LogP contribution is -2.21. The van der Waals surface area contributed by atoms with Gasteiger partial charge in [-0.05, 0) is 25.8 Å². The molecule has 0 saturated carbocycles. The zero-order valence-electron chi connectivity index (χ0n) is 12.9. The molecule has 3 rings (SSSR count). The number of rotatable bonds is 4.